The molecule has 23 nitrogen and oxygen atoms in total. The van der Waals surface area contributed by atoms with Crippen molar-refractivity contribution in [2.24, 2.45) is 0 Å². The van der Waals surface area contributed by atoms with E-state index in [9.17, 15) is 38.4 Å². The first-order chi connectivity index (χ1) is 42.6. The van der Waals surface area contributed by atoms with Crippen molar-refractivity contribution in [3.8, 4) is 0 Å². The van der Waals surface area contributed by atoms with Crippen LogP contribution in [0.25, 0.3) is 0 Å². The number of ether oxygens (including phenoxy) is 4. The summed E-state index contributed by atoms with van der Waals surface area (Å²) in [5.41, 5.74) is 3.22. The highest BCUT2D eigenvalue weighted by Crippen LogP contribution is 2.13. The van der Waals surface area contributed by atoms with Gasteiger partial charge in [0.25, 0.3) is 0 Å². The van der Waals surface area contributed by atoms with Crippen LogP contribution in [0.1, 0.15) is 112 Å². The molecule has 4 aromatic carbocycles. The van der Waals surface area contributed by atoms with E-state index in [0.717, 1.165) is 56.0 Å². The number of aliphatic carboxylic acids is 1. The highest BCUT2D eigenvalue weighted by molar-refractivity contribution is 5.94. The molecule has 0 spiro atoms. The number of carboxylic acids is 1. The average molecular weight is 1260 g/mol. The molecule has 3 aliphatic rings. The summed E-state index contributed by atoms with van der Waals surface area (Å²) in [5.74, 6) is -2.31. The monoisotopic (exact) mass is 1250 g/mol. The summed E-state index contributed by atoms with van der Waals surface area (Å²) in [7, 11) is 0. The number of nitrogens with one attached hydrogen (secondary N) is 7. The molecule has 5 amide bonds. The van der Waals surface area contributed by atoms with Gasteiger partial charge in [0.2, 0.25) is 17.7 Å². The van der Waals surface area contributed by atoms with Crippen LogP contribution in [0.4, 0.5) is 9.59 Å². The lowest BCUT2D eigenvalue weighted by molar-refractivity contribution is -0.149. The van der Waals surface area contributed by atoms with E-state index < -0.39 is 59.4 Å². The molecule has 3 heterocycles. The molecule has 3 fully saturated rings. The lowest BCUT2D eigenvalue weighted by Crippen LogP contribution is -2.56. The number of carbonyl (C=O) groups excluding carboxylic acids is 7. The quantitative estimate of drug-likeness (QED) is 0.0395. The molecular weight excluding hydrogens is 1150 g/mol. The van der Waals surface area contributed by atoms with Crippen LogP contribution in [0.15, 0.2) is 121 Å². The Morgan fingerprint density at radius 2 is 1.11 bits per heavy atom. The van der Waals surface area contributed by atoms with Gasteiger partial charge in [0, 0.05) is 77.5 Å². The second kappa shape index (κ2) is 42.9. The highest BCUT2D eigenvalue weighted by Gasteiger charge is 2.30. The third-order valence-electron chi connectivity index (χ3n) is 12.7. The van der Waals surface area contributed by atoms with Gasteiger partial charge >= 0.3 is 30.1 Å². The predicted molar refractivity (Wildman–Crippen MR) is 348 cm³/mol. The standard InChI is InChI=1S/C19H28N2O5.C12H14N2O2.C12H18N2.C11H15NO2.C8H15NO4.C5H12N2/c1-6-25-16(22)13-21(12-15-10-8-7-9-11-15)17(23)14(2)20-18(24)26-19(3,4)5;1-9-12(16)14(8-11(15)13-9)7-10-5-3-2-4-6-10;1-11-9-14(8-7-13-11)10-12-5-3-2-4-6-12;1-2-14-11(13)9-12-8-10-6-4-3-5-7-10;1-5(6(10)11)9-7(12)13-8(2,3)4;1-5-4-6-2-3-7-5/h7-11,14H,6,12-13H2,1-5H3,(H,20,24);2-6,9H,7-8H2,1H3,(H,13,15);2-6,11,13H,7-10H2,1H3;3-7,12H,2,8-9H2,1H3;5H,1-4H3,(H,9,12)(H,10,11);5-7H,2-4H2,1H3. The molecule has 4 aromatic rings. The van der Waals surface area contributed by atoms with Gasteiger partial charge in [0.05, 0.1) is 26.3 Å². The van der Waals surface area contributed by atoms with Crippen molar-refractivity contribution in [1.29, 1.82) is 0 Å². The van der Waals surface area contributed by atoms with Gasteiger partial charge in [-0.1, -0.05) is 121 Å². The highest BCUT2D eigenvalue weighted by atomic mass is 16.6. The van der Waals surface area contributed by atoms with Crippen molar-refractivity contribution in [2.45, 2.75) is 158 Å². The van der Waals surface area contributed by atoms with Crippen LogP contribution < -0.4 is 37.2 Å². The molecule has 0 radical (unpaired) electrons. The number of carbonyl (C=O) groups is 8. The smallest absolute Gasteiger partial charge is 0.408 e. The molecule has 5 unspecified atom stereocenters. The Labute approximate surface area is 533 Å². The number of piperazine rings is 3. The van der Waals surface area contributed by atoms with Crippen molar-refractivity contribution < 1.29 is 62.4 Å². The number of alkyl carbamates (subject to hydrolysis) is 2. The Hall–Kier alpha value is -7.96. The van der Waals surface area contributed by atoms with Crippen LogP contribution in [0, 0.1) is 0 Å². The van der Waals surface area contributed by atoms with Gasteiger partial charge in [-0.3, -0.25) is 33.7 Å². The molecule has 0 aromatic heterocycles. The minimum atomic E-state index is -1.09. The summed E-state index contributed by atoms with van der Waals surface area (Å²) in [4.78, 5) is 97.3. The predicted octanol–water partition coefficient (Wildman–Crippen LogP) is 6.40. The van der Waals surface area contributed by atoms with Crippen LogP contribution in [0.2, 0.25) is 0 Å². The van der Waals surface area contributed by atoms with Crippen LogP contribution in [0.3, 0.4) is 0 Å². The molecule has 0 aliphatic carbocycles. The molecule has 3 saturated heterocycles. The maximum Gasteiger partial charge on any atom is 0.408 e. The third kappa shape index (κ3) is 37.1. The van der Waals surface area contributed by atoms with Crippen molar-refractivity contribution >= 4 is 47.8 Å². The zero-order valence-electron chi connectivity index (χ0n) is 55.2. The minimum Gasteiger partial charge on any atom is -0.480 e. The van der Waals surface area contributed by atoms with Crippen LogP contribution in [-0.4, -0.2) is 181 Å². The van der Waals surface area contributed by atoms with Crippen molar-refractivity contribution in [1.82, 2.24) is 51.9 Å². The molecule has 0 bridgehead atoms. The first-order valence-electron chi connectivity index (χ1n) is 30.7. The average Bonchev–Trinajstić information content (AvgIpc) is 2.77. The van der Waals surface area contributed by atoms with Gasteiger partial charge in [0.1, 0.15) is 35.9 Å². The van der Waals surface area contributed by atoms with Gasteiger partial charge in [0.15, 0.2) is 0 Å². The van der Waals surface area contributed by atoms with E-state index in [1.54, 1.807) is 74.1 Å². The van der Waals surface area contributed by atoms with Gasteiger partial charge in [-0.15, -0.1) is 0 Å². The number of nitrogens with zero attached hydrogens (tertiary/aromatic N) is 3. The van der Waals surface area contributed by atoms with E-state index in [1.807, 2.05) is 91.0 Å². The Morgan fingerprint density at radius 3 is 1.57 bits per heavy atom. The van der Waals surface area contributed by atoms with Gasteiger partial charge in [-0.2, -0.15) is 0 Å². The Balaban J connectivity index is 0.000000382. The first kappa shape index (κ1) is 78.1. The second-order valence-corrected chi connectivity index (χ2v) is 23.6. The van der Waals surface area contributed by atoms with E-state index in [-0.39, 0.29) is 50.6 Å². The van der Waals surface area contributed by atoms with Crippen LogP contribution in [-0.2, 0) is 73.9 Å². The summed E-state index contributed by atoms with van der Waals surface area (Å²) < 4.78 is 19.7. The van der Waals surface area contributed by atoms with Gasteiger partial charge in [-0.05, 0) is 112 Å². The summed E-state index contributed by atoms with van der Waals surface area (Å²) in [6.45, 7) is 33.1. The summed E-state index contributed by atoms with van der Waals surface area (Å²) >= 11 is 0. The number of carboxylic acid groups (broad SMARTS) is 1. The Bertz CT molecular complexity index is 2710. The fourth-order valence-corrected chi connectivity index (χ4v) is 8.47. The zero-order valence-corrected chi connectivity index (χ0v) is 55.2. The summed E-state index contributed by atoms with van der Waals surface area (Å²) in [5, 5.41) is 28.8. The number of hydrogen-bond donors (Lipinski definition) is 8. The lowest BCUT2D eigenvalue weighted by atomic mass is 10.1. The van der Waals surface area contributed by atoms with E-state index in [4.69, 9.17) is 24.1 Å². The van der Waals surface area contributed by atoms with E-state index in [2.05, 4.69) is 86.3 Å². The molecular formula is C67H102N10O13. The second-order valence-electron chi connectivity index (χ2n) is 23.6. The normalized spacial score (nSPS) is 16.9. The largest absolute Gasteiger partial charge is 0.480 e. The fraction of sp³-hybridized carbons (Fsp3) is 0.522. The fourth-order valence-electron chi connectivity index (χ4n) is 8.47. The van der Waals surface area contributed by atoms with Crippen LogP contribution >= 0.6 is 0 Å². The van der Waals surface area contributed by atoms with E-state index in [0.29, 0.717) is 31.8 Å². The first-order valence-corrected chi connectivity index (χ1v) is 30.7. The van der Waals surface area contributed by atoms with Gasteiger partial charge < -0.3 is 71.1 Å². The van der Waals surface area contributed by atoms with Crippen molar-refractivity contribution in [3.63, 3.8) is 0 Å². The molecule has 5 atom stereocenters. The Morgan fingerprint density at radius 1 is 0.633 bits per heavy atom. The number of benzene rings is 4. The number of esters is 2. The number of amides is 5. The SMILES string of the molecule is CC(NC(=O)OC(C)(C)C)C(=O)O.CC1CN(Cc2ccccc2)CCN1.CC1CNCCN1.CC1NC(=O)CN(Cc2ccccc2)C1=O.CCOC(=O)CN(Cc1ccccc1)C(=O)C(C)NC(=O)OC(C)(C)C.CCOC(=O)CNCc1ccccc1. The maximum absolute atomic E-state index is 12.7. The minimum absolute atomic E-state index is 0.0246. The molecule has 8 N–H and O–H groups in total. The summed E-state index contributed by atoms with van der Waals surface area (Å²) in [6, 6.07) is 38.7. The summed E-state index contributed by atoms with van der Waals surface area (Å²) in [6.07, 6.45) is -1.41. The van der Waals surface area contributed by atoms with Crippen molar-refractivity contribution in [2.75, 3.05) is 72.1 Å². The van der Waals surface area contributed by atoms with E-state index in [1.165, 1.54) is 23.9 Å². The topological polar surface area (TPSA) is 288 Å². The molecule has 0 saturated carbocycles. The molecule has 23 heteroatoms. The molecule has 7 rings (SSSR count). The van der Waals surface area contributed by atoms with Gasteiger partial charge in [-0.25, -0.2) is 9.59 Å². The van der Waals surface area contributed by atoms with E-state index >= 15 is 0 Å². The van der Waals surface area contributed by atoms with Crippen molar-refractivity contribution in [3.05, 3.63) is 144 Å². The zero-order chi connectivity index (χ0) is 67.1. The maximum atomic E-state index is 12.7. The number of hydrogen-bond acceptors (Lipinski definition) is 17. The third-order valence-corrected chi connectivity index (χ3v) is 12.7. The molecule has 90 heavy (non-hydrogen) atoms. The van der Waals surface area contributed by atoms with Crippen LogP contribution in [0.5, 0.6) is 0 Å². The Kier molecular flexibility index (Phi) is 37.2. The molecule has 3 aliphatic heterocycles. The number of rotatable bonds is 18. The molecule has 498 valence electrons. The lowest BCUT2D eigenvalue weighted by Gasteiger charge is -2.31.